The van der Waals surface area contributed by atoms with Crippen LogP contribution in [0, 0.1) is 6.92 Å². The summed E-state index contributed by atoms with van der Waals surface area (Å²) in [5, 5.41) is 6.48. The molecule has 0 bridgehead atoms. The van der Waals surface area contributed by atoms with Gasteiger partial charge in [0.25, 0.3) is 5.91 Å². The number of carbonyl (C=O) groups is 2. The molecular weight excluding hydrogens is 460 g/mol. The minimum Gasteiger partial charge on any atom is -0.497 e. The number of thioether (sulfide) groups is 1. The van der Waals surface area contributed by atoms with E-state index in [-0.39, 0.29) is 17.6 Å². The fourth-order valence-corrected chi connectivity index (χ4v) is 4.18. The Balaban J connectivity index is 1.38. The number of rotatable bonds is 9. The molecule has 0 radical (unpaired) electrons. The largest absolute Gasteiger partial charge is 0.497 e. The molecule has 0 spiro atoms. The number of ether oxygens (including phenoxy) is 1. The van der Waals surface area contributed by atoms with Crippen molar-refractivity contribution in [3.8, 4) is 11.4 Å². The monoisotopic (exact) mass is 486 g/mol. The van der Waals surface area contributed by atoms with Crippen LogP contribution in [0.25, 0.3) is 5.69 Å². The van der Waals surface area contributed by atoms with Gasteiger partial charge in [0.2, 0.25) is 5.91 Å². The Bertz CT molecular complexity index is 1320. The van der Waals surface area contributed by atoms with Gasteiger partial charge in [0.1, 0.15) is 5.75 Å². The molecule has 4 aromatic rings. The molecule has 0 saturated heterocycles. The summed E-state index contributed by atoms with van der Waals surface area (Å²) in [4.78, 5) is 29.5. The van der Waals surface area contributed by atoms with Gasteiger partial charge >= 0.3 is 0 Å². The molecule has 2 amide bonds. The molecule has 1 aromatic heterocycles. The number of amides is 2. The lowest BCUT2D eigenvalue weighted by Gasteiger charge is -2.11. The number of aromatic nitrogens is 2. The van der Waals surface area contributed by atoms with E-state index in [1.807, 2.05) is 72.3 Å². The highest BCUT2D eigenvalue weighted by Gasteiger charge is 2.12. The van der Waals surface area contributed by atoms with Crippen molar-refractivity contribution in [2.24, 2.45) is 0 Å². The van der Waals surface area contributed by atoms with Crippen LogP contribution in [0.2, 0.25) is 0 Å². The quantitative estimate of drug-likeness (QED) is 0.330. The van der Waals surface area contributed by atoms with Gasteiger partial charge in [-0.05, 0) is 42.8 Å². The van der Waals surface area contributed by atoms with E-state index in [0.29, 0.717) is 28.7 Å². The molecule has 7 nitrogen and oxygen atoms in total. The Labute approximate surface area is 208 Å². The summed E-state index contributed by atoms with van der Waals surface area (Å²) in [6.07, 6.45) is 3.48. The van der Waals surface area contributed by atoms with Gasteiger partial charge in [-0.15, -0.1) is 0 Å². The molecule has 3 aromatic carbocycles. The predicted octanol–water partition coefficient (Wildman–Crippen LogP) is 4.85. The molecule has 178 valence electrons. The summed E-state index contributed by atoms with van der Waals surface area (Å²) in [7, 11) is 1.58. The Hall–Kier alpha value is -4.04. The normalized spacial score (nSPS) is 10.6. The lowest BCUT2D eigenvalue weighted by Crippen LogP contribution is -2.22. The maximum atomic E-state index is 12.7. The predicted molar refractivity (Wildman–Crippen MR) is 138 cm³/mol. The van der Waals surface area contributed by atoms with Gasteiger partial charge in [0.05, 0.1) is 12.9 Å². The zero-order valence-electron chi connectivity index (χ0n) is 19.5. The number of hydrogen-bond acceptors (Lipinski definition) is 5. The first-order chi connectivity index (χ1) is 17.0. The average molecular weight is 487 g/mol. The molecule has 0 aliphatic rings. The smallest absolute Gasteiger partial charge is 0.251 e. The van der Waals surface area contributed by atoms with Crippen LogP contribution < -0.4 is 15.4 Å². The number of imidazole rings is 1. The number of methoxy groups -OCH3 is 1. The number of anilines is 1. The van der Waals surface area contributed by atoms with Gasteiger partial charge in [0, 0.05) is 41.9 Å². The second-order valence-electron chi connectivity index (χ2n) is 7.87. The SMILES string of the molecule is COc1cccc(NC(=O)CSc2nccn2-c2cccc(C(=O)NCc3ccc(C)cc3)c2)c1. The Morgan fingerprint density at radius 2 is 1.83 bits per heavy atom. The summed E-state index contributed by atoms with van der Waals surface area (Å²) in [5.74, 6) is 0.556. The maximum Gasteiger partial charge on any atom is 0.251 e. The summed E-state index contributed by atoms with van der Waals surface area (Å²) in [6.45, 7) is 2.49. The zero-order valence-corrected chi connectivity index (χ0v) is 20.3. The van der Waals surface area contributed by atoms with E-state index in [0.717, 1.165) is 11.3 Å². The van der Waals surface area contributed by atoms with Crippen LogP contribution in [0.15, 0.2) is 90.3 Å². The first kappa shape index (κ1) is 24.1. The van der Waals surface area contributed by atoms with Crippen LogP contribution in [-0.4, -0.2) is 34.2 Å². The number of nitrogens with one attached hydrogen (secondary N) is 2. The fourth-order valence-electron chi connectivity index (χ4n) is 3.41. The maximum absolute atomic E-state index is 12.7. The number of aryl methyl sites for hydroxylation is 1. The summed E-state index contributed by atoms with van der Waals surface area (Å²) < 4.78 is 7.05. The Morgan fingerprint density at radius 1 is 1.03 bits per heavy atom. The van der Waals surface area contributed by atoms with Crippen molar-refractivity contribution in [1.29, 1.82) is 0 Å². The minimum absolute atomic E-state index is 0.151. The molecule has 0 unspecified atom stereocenters. The van der Waals surface area contributed by atoms with E-state index in [9.17, 15) is 9.59 Å². The van der Waals surface area contributed by atoms with Crippen LogP contribution in [0.1, 0.15) is 21.5 Å². The molecule has 0 aliphatic carbocycles. The standard InChI is InChI=1S/C27H26N4O3S/c1-19-9-11-20(12-10-19)17-29-26(33)21-5-3-7-23(15-21)31-14-13-28-27(31)35-18-25(32)30-22-6-4-8-24(16-22)34-2/h3-16H,17-18H2,1-2H3,(H,29,33)(H,30,32). The summed E-state index contributed by atoms with van der Waals surface area (Å²) in [6, 6.07) is 22.6. The van der Waals surface area contributed by atoms with E-state index >= 15 is 0 Å². The molecule has 0 aliphatic heterocycles. The molecule has 0 atom stereocenters. The van der Waals surface area contributed by atoms with Crippen molar-refractivity contribution in [3.05, 3.63) is 102 Å². The molecule has 0 saturated carbocycles. The first-order valence-electron chi connectivity index (χ1n) is 11.1. The van der Waals surface area contributed by atoms with E-state index in [4.69, 9.17) is 4.74 Å². The average Bonchev–Trinajstić information content (AvgIpc) is 3.36. The van der Waals surface area contributed by atoms with Crippen LogP contribution in [0.5, 0.6) is 5.75 Å². The lowest BCUT2D eigenvalue weighted by atomic mass is 10.1. The Morgan fingerprint density at radius 3 is 2.63 bits per heavy atom. The van der Waals surface area contributed by atoms with Gasteiger partial charge in [-0.3, -0.25) is 14.2 Å². The number of hydrogen-bond donors (Lipinski definition) is 2. The second-order valence-corrected chi connectivity index (χ2v) is 8.81. The van der Waals surface area contributed by atoms with Gasteiger partial charge < -0.3 is 15.4 Å². The van der Waals surface area contributed by atoms with Gasteiger partial charge in [0.15, 0.2) is 5.16 Å². The lowest BCUT2D eigenvalue weighted by molar-refractivity contribution is -0.113. The molecule has 0 fully saturated rings. The van der Waals surface area contributed by atoms with Crippen molar-refractivity contribution >= 4 is 29.3 Å². The summed E-state index contributed by atoms with van der Waals surface area (Å²) in [5.41, 5.74) is 4.24. The van der Waals surface area contributed by atoms with Gasteiger partial charge in [-0.2, -0.15) is 0 Å². The third-order valence-corrected chi connectivity index (χ3v) is 6.22. The van der Waals surface area contributed by atoms with Crippen LogP contribution in [0.3, 0.4) is 0 Å². The van der Waals surface area contributed by atoms with E-state index in [1.54, 1.807) is 31.5 Å². The topological polar surface area (TPSA) is 85.2 Å². The summed E-state index contributed by atoms with van der Waals surface area (Å²) >= 11 is 1.32. The zero-order chi connectivity index (χ0) is 24.6. The van der Waals surface area contributed by atoms with Crippen molar-refractivity contribution < 1.29 is 14.3 Å². The van der Waals surface area contributed by atoms with Gasteiger partial charge in [-0.25, -0.2) is 4.98 Å². The molecule has 1 heterocycles. The highest BCUT2D eigenvalue weighted by Crippen LogP contribution is 2.22. The van der Waals surface area contributed by atoms with Crippen molar-refractivity contribution in [3.63, 3.8) is 0 Å². The van der Waals surface area contributed by atoms with Crippen LogP contribution in [-0.2, 0) is 11.3 Å². The number of nitrogens with zero attached hydrogens (tertiary/aromatic N) is 2. The molecule has 35 heavy (non-hydrogen) atoms. The highest BCUT2D eigenvalue weighted by molar-refractivity contribution is 7.99. The molecule has 4 rings (SSSR count). The van der Waals surface area contributed by atoms with Crippen molar-refractivity contribution in [2.75, 3.05) is 18.2 Å². The molecular formula is C27H26N4O3S. The fraction of sp³-hybridized carbons (Fsp3) is 0.148. The highest BCUT2D eigenvalue weighted by atomic mass is 32.2. The van der Waals surface area contributed by atoms with Crippen LogP contribution in [0.4, 0.5) is 5.69 Å². The van der Waals surface area contributed by atoms with Crippen LogP contribution >= 0.6 is 11.8 Å². The van der Waals surface area contributed by atoms with E-state index in [2.05, 4.69) is 15.6 Å². The third kappa shape index (κ3) is 6.51. The van der Waals surface area contributed by atoms with Gasteiger partial charge in [-0.1, -0.05) is 53.7 Å². The number of carbonyl (C=O) groups excluding carboxylic acids is 2. The van der Waals surface area contributed by atoms with Crippen molar-refractivity contribution in [1.82, 2.24) is 14.9 Å². The number of benzene rings is 3. The Kier molecular flexibility index (Phi) is 7.84. The third-order valence-electron chi connectivity index (χ3n) is 5.25. The minimum atomic E-state index is -0.153. The first-order valence-corrected chi connectivity index (χ1v) is 12.0. The van der Waals surface area contributed by atoms with E-state index in [1.165, 1.54) is 17.3 Å². The van der Waals surface area contributed by atoms with E-state index < -0.39 is 0 Å². The molecule has 8 heteroatoms. The molecule has 2 N–H and O–H groups in total. The second kappa shape index (κ2) is 11.4. The van der Waals surface area contributed by atoms with Crippen molar-refractivity contribution in [2.45, 2.75) is 18.6 Å².